The number of rotatable bonds is 8. The maximum Gasteiger partial charge on any atom is 0.330 e. The number of nitrogens with zero attached hydrogens (tertiary/aromatic N) is 4. The molecule has 4 rings (SSSR count). The number of hydrogen-bond donors (Lipinski definition) is 1. The van der Waals surface area contributed by atoms with Gasteiger partial charge in [0.2, 0.25) is 5.91 Å². The van der Waals surface area contributed by atoms with Crippen LogP contribution in [0.4, 0.5) is 11.6 Å². The number of hydrogen-bond acceptors (Lipinski definition) is 7. The van der Waals surface area contributed by atoms with E-state index >= 15 is 0 Å². The van der Waals surface area contributed by atoms with E-state index in [-0.39, 0.29) is 17.9 Å². The second-order valence-corrected chi connectivity index (χ2v) is 9.88. The van der Waals surface area contributed by atoms with Crippen molar-refractivity contribution in [2.45, 2.75) is 37.7 Å². The van der Waals surface area contributed by atoms with Gasteiger partial charge in [0, 0.05) is 50.0 Å². The lowest BCUT2D eigenvalue weighted by Crippen LogP contribution is -2.41. The molecule has 1 atom stereocenters. The molecule has 8 nitrogen and oxygen atoms in total. The van der Waals surface area contributed by atoms with Gasteiger partial charge in [-0.25, -0.2) is 14.8 Å². The third-order valence-corrected chi connectivity index (χ3v) is 6.98. The minimum Gasteiger partial charge on any atom is -0.466 e. The number of aromatic nitrogens is 2. The predicted molar refractivity (Wildman–Crippen MR) is 153 cm³/mol. The first-order chi connectivity index (χ1) is 18.8. The van der Waals surface area contributed by atoms with Crippen molar-refractivity contribution in [3.05, 3.63) is 78.1 Å². The molecule has 1 unspecified atom stereocenters. The fourth-order valence-corrected chi connectivity index (χ4v) is 4.66. The summed E-state index contributed by atoms with van der Waals surface area (Å²) in [6, 6.07) is 15.2. The topological polar surface area (TPSA) is 95.9 Å². The van der Waals surface area contributed by atoms with Gasteiger partial charge >= 0.3 is 5.97 Å². The van der Waals surface area contributed by atoms with Crippen LogP contribution in [0, 0.1) is 5.92 Å². The second kappa shape index (κ2) is 12.7. The van der Waals surface area contributed by atoms with E-state index in [9.17, 15) is 14.7 Å². The molecule has 2 aromatic heterocycles. The molecular formula is C30H33BN4O4. The molecule has 1 aromatic carbocycles. The highest BCUT2D eigenvalue weighted by molar-refractivity contribution is 6.17. The first-order valence-electron chi connectivity index (χ1n) is 13.0. The lowest BCUT2D eigenvalue weighted by Gasteiger charge is -2.34. The van der Waals surface area contributed by atoms with E-state index in [0.29, 0.717) is 37.1 Å². The zero-order chi connectivity index (χ0) is 27.9. The molecule has 0 aliphatic heterocycles. The van der Waals surface area contributed by atoms with Crippen LogP contribution in [-0.2, 0) is 14.3 Å². The van der Waals surface area contributed by atoms with Crippen molar-refractivity contribution in [2.75, 3.05) is 31.0 Å². The average molecular weight is 524 g/mol. The number of anilines is 2. The van der Waals surface area contributed by atoms with Crippen molar-refractivity contribution < 1.29 is 19.4 Å². The molecule has 1 fully saturated rings. The van der Waals surface area contributed by atoms with E-state index in [4.69, 9.17) is 7.85 Å². The maximum atomic E-state index is 13.8. The largest absolute Gasteiger partial charge is 0.466 e. The lowest BCUT2D eigenvalue weighted by molar-refractivity contribution is -0.134. The molecule has 0 spiro atoms. The molecule has 1 aliphatic rings. The standard InChI is InChI=1S/C30H33BN4O4/c1-34(2)26-14-11-24(19-33-26)21-5-7-22(8-6-21)29(31)35(30(38)23-9-12-25(36)13-10-23)27-18-20(16-17-32-27)4-15-28(37)39-3/h4-8,11,14-19,23,25,29,36H,9-10,12-13H2,1-3H3/b15-4+. The third kappa shape index (κ3) is 6.92. The van der Waals surface area contributed by atoms with Crippen LogP contribution in [0.3, 0.4) is 0 Å². The van der Waals surface area contributed by atoms with Crippen LogP contribution >= 0.6 is 0 Å². The van der Waals surface area contributed by atoms with Gasteiger partial charge in [0.25, 0.3) is 0 Å². The SMILES string of the molecule is [B]C(c1ccc(-c2ccc(N(C)C)nc2)cc1)N(C(=O)C1CCC(O)CC1)c1cc(/C=C/C(=O)OC)ccn1. The highest BCUT2D eigenvalue weighted by atomic mass is 16.5. The summed E-state index contributed by atoms with van der Waals surface area (Å²) in [4.78, 5) is 37.8. The van der Waals surface area contributed by atoms with Crippen molar-refractivity contribution in [2.24, 2.45) is 5.92 Å². The number of amides is 1. The summed E-state index contributed by atoms with van der Waals surface area (Å²) in [7, 11) is 11.9. The zero-order valence-corrected chi connectivity index (χ0v) is 22.5. The van der Waals surface area contributed by atoms with Crippen molar-refractivity contribution in [3.8, 4) is 11.1 Å². The molecule has 1 N–H and O–H groups in total. The average Bonchev–Trinajstić information content (AvgIpc) is 2.96. The normalized spacial score (nSPS) is 17.9. The number of benzene rings is 1. The number of carbonyl (C=O) groups excluding carboxylic acids is 2. The zero-order valence-electron chi connectivity index (χ0n) is 22.5. The van der Waals surface area contributed by atoms with E-state index in [1.165, 1.54) is 18.1 Å². The highest BCUT2D eigenvalue weighted by Gasteiger charge is 2.33. The molecule has 3 aromatic rings. The number of aliphatic hydroxyl groups excluding tert-OH is 1. The van der Waals surface area contributed by atoms with Gasteiger partial charge < -0.3 is 14.7 Å². The van der Waals surface area contributed by atoms with Gasteiger partial charge in [-0.1, -0.05) is 24.3 Å². The third-order valence-electron chi connectivity index (χ3n) is 6.98. The molecule has 0 saturated heterocycles. The fourth-order valence-electron chi connectivity index (χ4n) is 4.66. The molecule has 2 radical (unpaired) electrons. The van der Waals surface area contributed by atoms with E-state index < -0.39 is 11.9 Å². The van der Waals surface area contributed by atoms with Crippen LogP contribution in [0.5, 0.6) is 0 Å². The van der Waals surface area contributed by atoms with Crippen LogP contribution in [0.2, 0.25) is 0 Å². The first-order valence-corrected chi connectivity index (χ1v) is 13.0. The summed E-state index contributed by atoms with van der Waals surface area (Å²) in [5, 5.41) is 9.96. The molecule has 39 heavy (non-hydrogen) atoms. The minimum atomic E-state index is -0.792. The number of carbonyl (C=O) groups is 2. The van der Waals surface area contributed by atoms with Gasteiger partial charge in [0.05, 0.1) is 13.2 Å². The first kappa shape index (κ1) is 28.0. The number of ether oxygens (including phenoxy) is 1. The Kier molecular flexibility index (Phi) is 9.14. The van der Waals surface area contributed by atoms with E-state index in [1.54, 1.807) is 24.4 Å². The maximum absolute atomic E-state index is 13.8. The Hall–Kier alpha value is -3.98. The van der Waals surface area contributed by atoms with E-state index in [1.807, 2.05) is 61.6 Å². The summed E-state index contributed by atoms with van der Waals surface area (Å²) in [6.45, 7) is 0. The summed E-state index contributed by atoms with van der Waals surface area (Å²) >= 11 is 0. The molecule has 2 heterocycles. The van der Waals surface area contributed by atoms with Crippen molar-refractivity contribution in [1.29, 1.82) is 0 Å². The Morgan fingerprint density at radius 3 is 2.31 bits per heavy atom. The molecule has 0 bridgehead atoms. The monoisotopic (exact) mass is 524 g/mol. The summed E-state index contributed by atoms with van der Waals surface area (Å²) in [5.41, 5.74) is 3.38. The summed E-state index contributed by atoms with van der Waals surface area (Å²) in [5.74, 6) is -0.416. The van der Waals surface area contributed by atoms with Crippen LogP contribution in [0.1, 0.15) is 42.8 Å². The molecular weight excluding hydrogens is 491 g/mol. The molecule has 1 aliphatic carbocycles. The van der Waals surface area contributed by atoms with Gasteiger partial charge in [-0.2, -0.15) is 0 Å². The minimum absolute atomic E-state index is 0.136. The molecule has 1 amide bonds. The quantitative estimate of drug-likeness (QED) is 0.269. The van der Waals surface area contributed by atoms with Crippen LogP contribution in [0.15, 0.2) is 67.0 Å². The Bertz CT molecular complexity index is 1300. The Balaban J connectivity index is 1.64. The summed E-state index contributed by atoms with van der Waals surface area (Å²) in [6.07, 6.45) is 8.26. The smallest absolute Gasteiger partial charge is 0.330 e. The van der Waals surface area contributed by atoms with Crippen molar-refractivity contribution in [3.63, 3.8) is 0 Å². The summed E-state index contributed by atoms with van der Waals surface area (Å²) < 4.78 is 4.68. The van der Waals surface area contributed by atoms with Gasteiger partial charge in [0.1, 0.15) is 19.5 Å². The van der Waals surface area contributed by atoms with Gasteiger partial charge in [-0.3, -0.25) is 9.69 Å². The number of esters is 1. The van der Waals surface area contributed by atoms with Crippen molar-refractivity contribution >= 4 is 37.4 Å². The fraction of sp³-hybridized carbons (Fsp3) is 0.333. The number of aliphatic hydroxyl groups is 1. The van der Waals surface area contributed by atoms with Crippen molar-refractivity contribution in [1.82, 2.24) is 9.97 Å². The molecule has 9 heteroatoms. The predicted octanol–water partition coefficient (Wildman–Crippen LogP) is 4.15. The number of methoxy groups -OCH3 is 1. The lowest BCUT2D eigenvalue weighted by atomic mass is 9.82. The van der Waals surface area contributed by atoms with Crippen LogP contribution in [0.25, 0.3) is 17.2 Å². The van der Waals surface area contributed by atoms with Gasteiger partial charge in [0.15, 0.2) is 0 Å². The Morgan fingerprint density at radius 2 is 1.69 bits per heavy atom. The van der Waals surface area contributed by atoms with Crippen LogP contribution < -0.4 is 9.80 Å². The van der Waals surface area contributed by atoms with E-state index in [0.717, 1.165) is 22.5 Å². The second-order valence-electron chi connectivity index (χ2n) is 9.88. The highest BCUT2D eigenvalue weighted by Crippen LogP contribution is 2.33. The van der Waals surface area contributed by atoms with E-state index in [2.05, 4.69) is 14.7 Å². The molecule has 200 valence electrons. The van der Waals surface area contributed by atoms with Gasteiger partial charge in [-0.05, 0) is 72.7 Å². The number of pyridine rings is 2. The van der Waals surface area contributed by atoms with Crippen LogP contribution in [-0.4, -0.2) is 62.1 Å². The Labute approximate surface area is 230 Å². The van der Waals surface area contributed by atoms with Gasteiger partial charge in [-0.15, -0.1) is 0 Å². The Morgan fingerprint density at radius 1 is 1.00 bits per heavy atom. The molecule has 1 saturated carbocycles.